The second kappa shape index (κ2) is 12.9. The van der Waals surface area contributed by atoms with Crippen LogP contribution in [0.25, 0.3) is 0 Å². The number of sulfonamides is 1. The van der Waals surface area contributed by atoms with Crippen molar-refractivity contribution >= 4 is 27.5 Å². The molecule has 4 aromatic rings. The molecule has 41 heavy (non-hydrogen) atoms. The summed E-state index contributed by atoms with van der Waals surface area (Å²) in [7, 11) is -3.49. The Hall–Kier alpha value is -4.31. The lowest BCUT2D eigenvalue weighted by Crippen LogP contribution is -2.48. The summed E-state index contributed by atoms with van der Waals surface area (Å²) in [6.45, 7) is 3.15. The van der Waals surface area contributed by atoms with Crippen molar-refractivity contribution in [2.45, 2.75) is 18.0 Å². The van der Waals surface area contributed by atoms with Gasteiger partial charge in [0.1, 0.15) is 0 Å². The van der Waals surface area contributed by atoms with Crippen molar-refractivity contribution in [1.29, 1.82) is 0 Å². The van der Waals surface area contributed by atoms with Crippen LogP contribution in [0, 0.1) is 0 Å². The molecule has 0 saturated carbocycles. The number of anilines is 1. The Morgan fingerprint density at radius 1 is 0.659 bits per heavy atom. The van der Waals surface area contributed by atoms with Crippen molar-refractivity contribution in [3.8, 4) is 0 Å². The van der Waals surface area contributed by atoms with E-state index in [9.17, 15) is 18.0 Å². The number of rotatable bonds is 9. The van der Waals surface area contributed by atoms with Gasteiger partial charge in [-0.05, 0) is 47.5 Å². The molecule has 1 fully saturated rings. The van der Waals surface area contributed by atoms with Crippen LogP contribution in [0.5, 0.6) is 0 Å². The maximum absolute atomic E-state index is 13.0. The smallest absolute Gasteiger partial charge is 0.255 e. The first-order valence-electron chi connectivity index (χ1n) is 13.5. The van der Waals surface area contributed by atoms with E-state index in [1.54, 1.807) is 66.7 Å². The number of nitrogens with one attached hydrogen (secondary N) is 2. The Kier molecular flexibility index (Phi) is 8.88. The van der Waals surface area contributed by atoms with Crippen LogP contribution in [-0.4, -0.2) is 55.6 Å². The van der Waals surface area contributed by atoms with Crippen LogP contribution in [0.3, 0.4) is 0 Å². The Balaban J connectivity index is 1.15. The number of para-hydroxylation sites is 1. The SMILES string of the molecule is O=C(Nc1ccccc1C(=O)NCc1ccccc1)c1ccc(CN2CCN(S(=O)(=O)c3ccccc3)CC2)cc1. The van der Waals surface area contributed by atoms with Crippen molar-refractivity contribution in [2.75, 3.05) is 31.5 Å². The van der Waals surface area contributed by atoms with Crippen molar-refractivity contribution in [2.24, 2.45) is 0 Å². The van der Waals surface area contributed by atoms with Gasteiger partial charge >= 0.3 is 0 Å². The summed E-state index contributed by atoms with van der Waals surface area (Å²) in [5.41, 5.74) is 3.33. The molecule has 210 valence electrons. The predicted octanol–water partition coefficient (Wildman–Crippen LogP) is 4.38. The third-order valence-corrected chi connectivity index (χ3v) is 8.96. The summed E-state index contributed by atoms with van der Waals surface area (Å²) < 4.78 is 27.3. The highest BCUT2D eigenvalue weighted by molar-refractivity contribution is 7.89. The van der Waals surface area contributed by atoms with E-state index in [0.29, 0.717) is 61.0 Å². The summed E-state index contributed by atoms with van der Waals surface area (Å²) >= 11 is 0. The summed E-state index contributed by atoms with van der Waals surface area (Å²) in [6, 6.07) is 32.4. The first-order valence-corrected chi connectivity index (χ1v) is 14.9. The maximum Gasteiger partial charge on any atom is 0.255 e. The molecule has 8 nitrogen and oxygen atoms in total. The third kappa shape index (κ3) is 7.07. The number of amides is 2. The Bertz CT molecular complexity index is 1590. The van der Waals surface area contributed by atoms with Gasteiger partial charge in [-0.1, -0.05) is 72.8 Å². The van der Waals surface area contributed by atoms with E-state index in [1.165, 1.54) is 4.31 Å². The number of piperazine rings is 1. The topological polar surface area (TPSA) is 98.8 Å². The molecule has 5 rings (SSSR count). The number of benzene rings is 4. The van der Waals surface area contributed by atoms with Crippen LogP contribution in [0.15, 0.2) is 114 Å². The normalized spacial score (nSPS) is 14.3. The summed E-state index contributed by atoms with van der Waals surface area (Å²) in [5, 5.41) is 5.77. The molecule has 2 amide bonds. The average molecular weight is 569 g/mol. The quantitative estimate of drug-likeness (QED) is 0.312. The van der Waals surface area contributed by atoms with Gasteiger partial charge in [0.2, 0.25) is 10.0 Å². The molecule has 0 aliphatic carbocycles. The molecule has 1 heterocycles. The van der Waals surface area contributed by atoms with Gasteiger partial charge in [0.25, 0.3) is 11.8 Å². The fraction of sp³-hybridized carbons (Fsp3) is 0.188. The van der Waals surface area contributed by atoms with Crippen molar-refractivity contribution in [3.05, 3.63) is 131 Å². The molecule has 0 aromatic heterocycles. The number of hydrogen-bond acceptors (Lipinski definition) is 5. The Labute approximate surface area is 240 Å². The van der Waals surface area contributed by atoms with Gasteiger partial charge in [-0.15, -0.1) is 0 Å². The van der Waals surface area contributed by atoms with Gasteiger partial charge in [-0.3, -0.25) is 14.5 Å². The van der Waals surface area contributed by atoms with E-state index in [2.05, 4.69) is 15.5 Å². The standard InChI is InChI=1S/C32H32N4O4S/c37-31(34-30-14-8-7-13-29(30)32(38)33-23-25-9-3-1-4-10-25)27-17-15-26(16-18-27)24-35-19-21-36(22-20-35)41(39,40)28-11-5-2-6-12-28/h1-18H,19-24H2,(H,33,38)(H,34,37). The lowest BCUT2D eigenvalue weighted by Gasteiger charge is -2.34. The zero-order valence-corrected chi connectivity index (χ0v) is 23.4. The zero-order chi connectivity index (χ0) is 28.7. The van der Waals surface area contributed by atoms with Crippen LogP contribution in [0.2, 0.25) is 0 Å². The van der Waals surface area contributed by atoms with Gasteiger partial charge in [-0.2, -0.15) is 4.31 Å². The molecule has 1 aliphatic heterocycles. The van der Waals surface area contributed by atoms with Gasteiger partial charge in [-0.25, -0.2) is 8.42 Å². The monoisotopic (exact) mass is 568 g/mol. The Morgan fingerprint density at radius 3 is 1.95 bits per heavy atom. The van der Waals surface area contributed by atoms with E-state index < -0.39 is 10.0 Å². The summed E-state index contributed by atoms with van der Waals surface area (Å²) in [6.07, 6.45) is 0. The van der Waals surface area contributed by atoms with Crippen molar-refractivity contribution in [3.63, 3.8) is 0 Å². The van der Waals surface area contributed by atoms with Gasteiger partial charge in [0.15, 0.2) is 0 Å². The van der Waals surface area contributed by atoms with Crippen molar-refractivity contribution in [1.82, 2.24) is 14.5 Å². The van der Waals surface area contributed by atoms with Gasteiger partial charge in [0.05, 0.1) is 16.1 Å². The minimum Gasteiger partial charge on any atom is -0.348 e. The second-order valence-electron chi connectivity index (χ2n) is 9.86. The molecular weight excluding hydrogens is 536 g/mol. The lowest BCUT2D eigenvalue weighted by atomic mass is 10.1. The zero-order valence-electron chi connectivity index (χ0n) is 22.6. The molecule has 0 radical (unpaired) electrons. The molecule has 0 spiro atoms. The largest absolute Gasteiger partial charge is 0.348 e. The molecule has 1 saturated heterocycles. The second-order valence-corrected chi connectivity index (χ2v) is 11.8. The molecule has 1 aliphatic rings. The molecular formula is C32H32N4O4S. The first kappa shape index (κ1) is 28.2. The fourth-order valence-corrected chi connectivity index (χ4v) is 6.19. The van der Waals surface area contributed by atoms with E-state index in [-0.39, 0.29) is 11.8 Å². The predicted molar refractivity (Wildman–Crippen MR) is 159 cm³/mol. The molecule has 4 aromatic carbocycles. The molecule has 2 N–H and O–H groups in total. The summed E-state index contributed by atoms with van der Waals surface area (Å²) in [4.78, 5) is 28.4. The fourth-order valence-electron chi connectivity index (χ4n) is 4.75. The highest BCUT2D eigenvalue weighted by Crippen LogP contribution is 2.20. The van der Waals surface area contributed by atoms with Crippen LogP contribution in [0.1, 0.15) is 31.8 Å². The number of nitrogens with zero attached hydrogens (tertiary/aromatic N) is 2. The van der Waals surface area contributed by atoms with E-state index in [0.717, 1.165) is 11.1 Å². The van der Waals surface area contributed by atoms with E-state index in [4.69, 9.17) is 0 Å². The first-order chi connectivity index (χ1) is 19.9. The van der Waals surface area contributed by atoms with Crippen molar-refractivity contribution < 1.29 is 18.0 Å². The van der Waals surface area contributed by atoms with Crippen LogP contribution in [0.4, 0.5) is 5.69 Å². The molecule has 0 bridgehead atoms. The number of carbonyl (C=O) groups excluding carboxylic acids is 2. The third-order valence-electron chi connectivity index (χ3n) is 7.05. The lowest BCUT2D eigenvalue weighted by molar-refractivity contribution is 0.0951. The molecule has 0 atom stereocenters. The molecule has 0 unspecified atom stereocenters. The highest BCUT2D eigenvalue weighted by Gasteiger charge is 2.28. The van der Waals surface area contributed by atoms with Crippen LogP contribution in [-0.2, 0) is 23.1 Å². The number of hydrogen-bond donors (Lipinski definition) is 2. The minimum absolute atomic E-state index is 0.267. The van der Waals surface area contributed by atoms with Crippen LogP contribution >= 0.6 is 0 Å². The highest BCUT2D eigenvalue weighted by atomic mass is 32.2. The number of carbonyl (C=O) groups is 2. The van der Waals surface area contributed by atoms with Gasteiger partial charge in [0, 0.05) is 44.8 Å². The van der Waals surface area contributed by atoms with Crippen LogP contribution < -0.4 is 10.6 Å². The Morgan fingerprint density at radius 2 is 1.27 bits per heavy atom. The summed E-state index contributed by atoms with van der Waals surface area (Å²) in [5.74, 6) is -0.573. The average Bonchev–Trinajstić information content (AvgIpc) is 3.02. The maximum atomic E-state index is 13.0. The van der Waals surface area contributed by atoms with Gasteiger partial charge < -0.3 is 10.6 Å². The minimum atomic E-state index is -3.49. The van der Waals surface area contributed by atoms with E-state index in [1.807, 2.05) is 42.5 Å². The van der Waals surface area contributed by atoms with E-state index >= 15 is 0 Å². The molecule has 9 heteroatoms.